The van der Waals surface area contributed by atoms with Gasteiger partial charge in [-0.2, -0.15) is 0 Å². The maximum atomic E-state index is 4.76. The molecule has 5 aromatic rings. The Morgan fingerprint density at radius 2 is 0.889 bits per heavy atom. The van der Waals surface area contributed by atoms with Crippen LogP contribution >= 0.6 is 67.9 Å². The van der Waals surface area contributed by atoms with Gasteiger partial charge in [0.15, 0.2) is 0 Å². The monoisotopic (exact) mass is 944 g/mol. The Labute approximate surface area is 329 Å². The van der Waals surface area contributed by atoms with E-state index in [1.54, 1.807) is 12.4 Å². The van der Waals surface area contributed by atoms with Crippen LogP contribution in [0.2, 0.25) is 0 Å². The topological polar surface area (TPSA) is 50.5 Å². The summed E-state index contributed by atoms with van der Waals surface area (Å²) >= 11 is 0. The minimum absolute atomic E-state index is 0. The van der Waals surface area contributed by atoms with Crippen LogP contribution < -0.4 is 0 Å². The summed E-state index contributed by atoms with van der Waals surface area (Å²) in [6.07, 6.45) is 7.22. The minimum atomic E-state index is 0. The van der Waals surface area contributed by atoms with Crippen LogP contribution in [0.3, 0.4) is 0 Å². The molecule has 0 radical (unpaired) electrons. The van der Waals surface area contributed by atoms with Gasteiger partial charge < -0.3 is 0 Å². The van der Waals surface area contributed by atoms with Crippen molar-refractivity contribution in [2.24, 2.45) is 9.98 Å². The van der Waals surface area contributed by atoms with Crippen LogP contribution in [-0.2, 0) is 33.0 Å². The molecule has 0 amide bonds. The Hall–Kier alpha value is -1.79. The van der Waals surface area contributed by atoms with Crippen LogP contribution in [0.1, 0.15) is 39.2 Å². The number of rotatable bonds is 6. The molecule has 10 heteroatoms. The summed E-state index contributed by atoms with van der Waals surface area (Å²) in [5.74, 6) is 0. The molecule has 0 saturated carbocycles. The number of aromatic nitrogens is 2. The van der Waals surface area contributed by atoms with Gasteiger partial charge in [-0.05, 0) is 139 Å². The summed E-state index contributed by atoms with van der Waals surface area (Å²) in [5, 5.41) is 0. The zero-order valence-electron chi connectivity index (χ0n) is 25.4. The predicted octanol–water partition coefficient (Wildman–Crippen LogP) is 11.2. The molecular formula is C35H36Br4N4Ni2. The fourth-order valence-corrected chi connectivity index (χ4v) is 4.92. The molecule has 244 valence electrons. The van der Waals surface area contributed by atoms with E-state index in [1.807, 2.05) is 48.8 Å². The van der Waals surface area contributed by atoms with Crippen molar-refractivity contribution in [2.75, 3.05) is 0 Å². The van der Waals surface area contributed by atoms with Crippen molar-refractivity contribution in [3.05, 3.63) is 130 Å². The Kier molecular flexibility index (Phi) is 21.3. The summed E-state index contributed by atoms with van der Waals surface area (Å²) in [6.45, 7) is 10.7. The van der Waals surface area contributed by atoms with E-state index in [1.165, 1.54) is 27.8 Å². The molecule has 3 aromatic carbocycles. The molecule has 2 aromatic heterocycles. The van der Waals surface area contributed by atoms with Crippen molar-refractivity contribution in [3.63, 3.8) is 0 Å². The van der Waals surface area contributed by atoms with E-state index in [4.69, 9.17) is 9.98 Å². The molecular weight excluding hydrogens is 913 g/mol. The quantitative estimate of drug-likeness (QED) is 0.126. The Balaban J connectivity index is 0. The van der Waals surface area contributed by atoms with Crippen molar-refractivity contribution in [1.82, 2.24) is 9.97 Å². The van der Waals surface area contributed by atoms with E-state index < -0.39 is 0 Å². The van der Waals surface area contributed by atoms with Gasteiger partial charge in [0.1, 0.15) is 0 Å². The summed E-state index contributed by atoms with van der Waals surface area (Å²) in [6, 6.07) is 27.3. The standard InChI is InChI=1S/C35H32N4.4BrH.2Ni/c1-23-12-13-28(29-16-24(2)34(25(3)17-29)38-21-31-10-6-8-14-36-31)20-33(23)30-18-26(4)35(27(5)19-30)39-22-32-11-7-9-15-37-32;;;;;;/h6-22H,1-5H3;4*1H;;. The van der Waals surface area contributed by atoms with E-state index in [-0.39, 0.29) is 101 Å². The number of aliphatic imine (C=N–C) groups is 2. The van der Waals surface area contributed by atoms with Crippen molar-refractivity contribution in [1.29, 1.82) is 0 Å². The molecule has 45 heavy (non-hydrogen) atoms. The van der Waals surface area contributed by atoms with Crippen LogP contribution in [0.4, 0.5) is 11.4 Å². The van der Waals surface area contributed by atoms with Crippen molar-refractivity contribution in [3.8, 4) is 22.3 Å². The van der Waals surface area contributed by atoms with Crippen LogP contribution in [0.15, 0.2) is 101 Å². The average Bonchev–Trinajstić information content (AvgIpc) is 2.93. The number of benzene rings is 3. The number of pyridine rings is 2. The first-order chi connectivity index (χ1) is 18.9. The second kappa shape index (κ2) is 21.2. The summed E-state index contributed by atoms with van der Waals surface area (Å²) in [4.78, 5) is 18.2. The summed E-state index contributed by atoms with van der Waals surface area (Å²) < 4.78 is 0. The van der Waals surface area contributed by atoms with Gasteiger partial charge in [-0.15, -0.1) is 67.9 Å². The van der Waals surface area contributed by atoms with Gasteiger partial charge in [0.25, 0.3) is 0 Å². The van der Waals surface area contributed by atoms with E-state index in [9.17, 15) is 0 Å². The molecule has 0 aliphatic heterocycles. The average molecular weight is 950 g/mol. The van der Waals surface area contributed by atoms with Gasteiger partial charge in [0.2, 0.25) is 0 Å². The maximum Gasteiger partial charge on any atom is 0.0812 e. The third-order valence-corrected chi connectivity index (χ3v) is 6.89. The molecule has 0 bridgehead atoms. The van der Waals surface area contributed by atoms with Crippen LogP contribution in [0, 0.1) is 34.6 Å². The van der Waals surface area contributed by atoms with E-state index >= 15 is 0 Å². The SMILES string of the molecule is Br.Br.Br.Br.Cc1ccc(-c2cc(C)c(N=Cc3ccccn3)c(C)c2)cc1-c1cc(C)c(N=Cc2ccccn2)c(C)c1.[Ni].[Ni]. The molecule has 0 spiro atoms. The van der Waals surface area contributed by atoms with Gasteiger partial charge in [-0.1, -0.05) is 24.3 Å². The maximum absolute atomic E-state index is 4.76. The van der Waals surface area contributed by atoms with Crippen LogP contribution in [-0.4, -0.2) is 22.4 Å². The molecule has 0 aliphatic carbocycles. The smallest absolute Gasteiger partial charge is 0.0812 e. The molecule has 0 N–H and O–H groups in total. The molecule has 2 heterocycles. The van der Waals surface area contributed by atoms with E-state index in [0.717, 1.165) is 45.0 Å². The fraction of sp³-hybridized carbons (Fsp3) is 0.143. The molecule has 0 fully saturated rings. The van der Waals surface area contributed by atoms with Gasteiger partial charge in [0, 0.05) is 45.4 Å². The largest absolute Gasteiger partial charge is 0.255 e. The predicted molar refractivity (Wildman–Crippen MR) is 205 cm³/mol. The number of hydrogen-bond acceptors (Lipinski definition) is 4. The summed E-state index contributed by atoms with van der Waals surface area (Å²) in [7, 11) is 0. The number of hydrogen-bond donors (Lipinski definition) is 0. The zero-order valence-corrected chi connectivity index (χ0v) is 34.2. The van der Waals surface area contributed by atoms with Gasteiger partial charge in [-0.25, -0.2) is 0 Å². The first-order valence-electron chi connectivity index (χ1n) is 13.1. The van der Waals surface area contributed by atoms with Crippen LogP contribution in [0.5, 0.6) is 0 Å². The number of nitrogens with zero attached hydrogens (tertiary/aromatic N) is 4. The zero-order chi connectivity index (χ0) is 27.4. The molecule has 4 nitrogen and oxygen atoms in total. The minimum Gasteiger partial charge on any atom is -0.255 e. The molecule has 0 saturated heterocycles. The Bertz CT molecular complexity index is 1670. The second-order valence-corrected chi connectivity index (χ2v) is 9.97. The fourth-order valence-electron chi connectivity index (χ4n) is 4.92. The third-order valence-electron chi connectivity index (χ3n) is 6.89. The Morgan fingerprint density at radius 3 is 1.29 bits per heavy atom. The van der Waals surface area contributed by atoms with Crippen molar-refractivity contribution < 1.29 is 33.0 Å². The normalized spacial score (nSPS) is 9.98. The Morgan fingerprint density at radius 1 is 0.467 bits per heavy atom. The molecule has 0 unspecified atom stereocenters. The molecule has 5 rings (SSSR count). The van der Waals surface area contributed by atoms with E-state index in [0.29, 0.717) is 0 Å². The van der Waals surface area contributed by atoms with Gasteiger partial charge in [0.05, 0.1) is 35.2 Å². The third kappa shape index (κ3) is 11.4. The molecule has 0 atom stereocenters. The summed E-state index contributed by atoms with van der Waals surface area (Å²) in [5.41, 5.74) is 14.3. The van der Waals surface area contributed by atoms with E-state index in [2.05, 4.69) is 87.1 Å². The van der Waals surface area contributed by atoms with Gasteiger partial charge >= 0.3 is 0 Å². The van der Waals surface area contributed by atoms with Crippen molar-refractivity contribution in [2.45, 2.75) is 34.6 Å². The second-order valence-electron chi connectivity index (χ2n) is 9.97. The van der Waals surface area contributed by atoms with Crippen LogP contribution in [0.25, 0.3) is 22.3 Å². The first-order valence-corrected chi connectivity index (χ1v) is 13.1. The molecule has 0 aliphatic rings. The van der Waals surface area contributed by atoms with Crippen molar-refractivity contribution >= 4 is 91.7 Å². The number of halogens is 4. The van der Waals surface area contributed by atoms with Gasteiger partial charge in [-0.3, -0.25) is 20.0 Å². The first kappa shape index (κ1) is 45.3. The number of aryl methyl sites for hydroxylation is 5.